The average Bonchev–Trinajstić information content (AvgIpc) is 2.58. The number of nitrogens with one attached hydrogen (secondary N) is 1. The van der Waals surface area contributed by atoms with E-state index >= 15 is 0 Å². The molecule has 0 bridgehead atoms. The number of allylic oxidation sites excluding steroid dienone is 4. The number of rotatable bonds is 5. The largest absolute Gasteiger partial charge is 0.271 e. The van der Waals surface area contributed by atoms with Crippen LogP contribution in [0.15, 0.2) is 52.7 Å². The Hall–Kier alpha value is -2.76. The number of carbonyl (C=O) groups excluding carboxylic acids is 1. The highest BCUT2D eigenvalue weighted by atomic mass is 16.6. The second kappa shape index (κ2) is 8.08. The zero-order valence-corrected chi connectivity index (χ0v) is 15.7. The minimum absolute atomic E-state index is 0.0529. The van der Waals surface area contributed by atoms with Gasteiger partial charge in [0.1, 0.15) is 0 Å². The summed E-state index contributed by atoms with van der Waals surface area (Å²) in [5.74, 6) is -0.402. The Morgan fingerprint density at radius 2 is 1.96 bits per heavy atom. The number of hydrazone groups is 1. The summed E-state index contributed by atoms with van der Waals surface area (Å²) in [6.45, 7) is 8.48. The molecule has 1 aliphatic carbocycles. The van der Waals surface area contributed by atoms with Gasteiger partial charge >= 0.3 is 0 Å². The predicted octanol–water partition coefficient (Wildman–Crippen LogP) is 4.78. The quantitative estimate of drug-likeness (QED) is 0.468. The van der Waals surface area contributed by atoms with Gasteiger partial charge in [0.05, 0.1) is 10.6 Å². The van der Waals surface area contributed by atoms with Gasteiger partial charge in [-0.15, -0.1) is 0 Å². The van der Waals surface area contributed by atoms with E-state index in [0.29, 0.717) is 11.3 Å². The summed E-state index contributed by atoms with van der Waals surface area (Å²) in [4.78, 5) is 22.2. The number of hydrogen-bond acceptors (Lipinski definition) is 4. The molecule has 0 atom stereocenters. The fourth-order valence-electron chi connectivity index (χ4n) is 3.19. The molecule has 0 saturated heterocycles. The van der Waals surface area contributed by atoms with Crippen molar-refractivity contribution in [3.8, 4) is 0 Å². The fourth-order valence-corrected chi connectivity index (χ4v) is 3.19. The summed E-state index contributed by atoms with van der Waals surface area (Å²) in [5, 5.41) is 14.7. The summed E-state index contributed by atoms with van der Waals surface area (Å²) in [7, 11) is 0. The van der Waals surface area contributed by atoms with Crippen LogP contribution in [0.2, 0.25) is 0 Å². The fraction of sp³-hybridized carbons (Fsp3) is 0.400. The summed E-state index contributed by atoms with van der Waals surface area (Å²) in [6, 6.07) is 5.41. The molecule has 1 aromatic carbocycles. The molecule has 2 rings (SSSR count). The van der Waals surface area contributed by atoms with Gasteiger partial charge in [-0.05, 0) is 62.3 Å². The Morgan fingerprint density at radius 1 is 1.31 bits per heavy atom. The number of non-ortho nitro benzene ring substituents is 1. The van der Waals surface area contributed by atoms with Gasteiger partial charge in [-0.2, -0.15) is 5.10 Å². The molecular weight excluding hydrogens is 330 g/mol. The first-order chi connectivity index (χ1) is 12.2. The lowest BCUT2D eigenvalue weighted by atomic mass is 9.72. The molecule has 0 aliphatic heterocycles. The van der Waals surface area contributed by atoms with Crippen molar-refractivity contribution in [3.63, 3.8) is 0 Å². The van der Waals surface area contributed by atoms with E-state index in [9.17, 15) is 14.9 Å². The number of hydrogen-bond donors (Lipinski definition) is 1. The van der Waals surface area contributed by atoms with E-state index < -0.39 is 10.8 Å². The molecule has 1 N–H and O–H groups in total. The highest BCUT2D eigenvalue weighted by Crippen LogP contribution is 2.40. The first kappa shape index (κ1) is 19.6. The van der Waals surface area contributed by atoms with E-state index in [1.54, 1.807) is 0 Å². The van der Waals surface area contributed by atoms with E-state index in [2.05, 4.69) is 37.4 Å². The number of amides is 1. The molecule has 1 amide bonds. The van der Waals surface area contributed by atoms with Crippen LogP contribution in [0, 0.1) is 15.5 Å². The van der Waals surface area contributed by atoms with Crippen LogP contribution in [0.1, 0.15) is 57.3 Å². The van der Waals surface area contributed by atoms with Crippen molar-refractivity contribution in [3.05, 3.63) is 63.2 Å². The molecule has 0 spiro atoms. The van der Waals surface area contributed by atoms with Crippen molar-refractivity contribution in [2.45, 2.75) is 47.0 Å². The van der Waals surface area contributed by atoms with Gasteiger partial charge < -0.3 is 0 Å². The Morgan fingerprint density at radius 3 is 2.54 bits per heavy atom. The van der Waals surface area contributed by atoms with Crippen LogP contribution in [0.25, 0.3) is 0 Å². The minimum atomic E-state index is -0.502. The highest BCUT2D eigenvalue weighted by Gasteiger charge is 2.26. The average molecular weight is 355 g/mol. The molecule has 0 unspecified atom stereocenters. The van der Waals surface area contributed by atoms with Crippen molar-refractivity contribution in [2.24, 2.45) is 10.5 Å². The van der Waals surface area contributed by atoms with Crippen molar-refractivity contribution >= 4 is 17.3 Å². The maximum atomic E-state index is 12.1. The van der Waals surface area contributed by atoms with Crippen molar-refractivity contribution < 1.29 is 9.72 Å². The maximum Gasteiger partial charge on any atom is 0.271 e. The highest BCUT2D eigenvalue weighted by molar-refractivity contribution is 5.97. The second-order valence-corrected chi connectivity index (χ2v) is 7.26. The van der Waals surface area contributed by atoms with Crippen LogP contribution in [0.5, 0.6) is 0 Å². The van der Waals surface area contributed by atoms with Crippen LogP contribution < -0.4 is 5.43 Å². The third kappa shape index (κ3) is 4.88. The third-order valence-corrected chi connectivity index (χ3v) is 4.71. The van der Waals surface area contributed by atoms with Crippen LogP contribution in [-0.2, 0) is 0 Å². The van der Waals surface area contributed by atoms with Crippen LogP contribution in [0.4, 0.5) is 5.69 Å². The Balaban J connectivity index is 2.03. The van der Waals surface area contributed by atoms with Crippen LogP contribution >= 0.6 is 0 Å². The Bertz CT molecular complexity index is 787. The van der Waals surface area contributed by atoms with E-state index in [1.807, 2.05) is 13.0 Å². The lowest BCUT2D eigenvalue weighted by Gasteiger charge is -2.32. The van der Waals surface area contributed by atoms with Crippen LogP contribution in [-0.4, -0.2) is 16.5 Å². The number of carbonyl (C=O) groups is 1. The molecule has 26 heavy (non-hydrogen) atoms. The summed E-state index contributed by atoms with van der Waals surface area (Å²) in [6.07, 6.45) is 7.50. The molecule has 6 nitrogen and oxygen atoms in total. The van der Waals surface area contributed by atoms with E-state index in [1.165, 1.54) is 41.8 Å². The van der Waals surface area contributed by atoms with Crippen molar-refractivity contribution in [1.29, 1.82) is 0 Å². The van der Waals surface area contributed by atoms with Gasteiger partial charge in [0.15, 0.2) is 0 Å². The van der Waals surface area contributed by atoms with Crippen molar-refractivity contribution in [2.75, 3.05) is 0 Å². The maximum absolute atomic E-state index is 12.1. The molecule has 1 aromatic rings. The molecule has 1 aliphatic rings. The molecule has 0 aromatic heterocycles. The Kier molecular flexibility index (Phi) is 6.08. The van der Waals surface area contributed by atoms with Gasteiger partial charge in [0.2, 0.25) is 0 Å². The standard InChI is InChI=1S/C20H25N3O3/c1-14-6-5-13-20(3,4)18(14)12-7-15(2)21-22-19(24)16-8-10-17(11-9-16)23(25)26/h7-12H,5-6,13H2,1-4H3,(H,22,24). The lowest BCUT2D eigenvalue weighted by molar-refractivity contribution is -0.384. The topological polar surface area (TPSA) is 84.6 Å². The lowest BCUT2D eigenvalue weighted by Crippen LogP contribution is -2.20. The molecule has 138 valence electrons. The first-order valence-corrected chi connectivity index (χ1v) is 8.68. The Labute approximate surface area is 153 Å². The van der Waals surface area contributed by atoms with Gasteiger partial charge in [0, 0.05) is 17.7 Å². The molecule has 6 heteroatoms. The van der Waals surface area contributed by atoms with Gasteiger partial charge in [-0.3, -0.25) is 14.9 Å². The van der Waals surface area contributed by atoms with E-state index in [-0.39, 0.29) is 11.1 Å². The monoisotopic (exact) mass is 355 g/mol. The third-order valence-electron chi connectivity index (χ3n) is 4.71. The zero-order chi connectivity index (χ0) is 19.3. The van der Waals surface area contributed by atoms with Gasteiger partial charge in [0.25, 0.3) is 11.6 Å². The summed E-state index contributed by atoms with van der Waals surface area (Å²) in [5.41, 5.74) is 6.32. The number of nitro groups is 1. The second-order valence-electron chi connectivity index (χ2n) is 7.26. The summed E-state index contributed by atoms with van der Waals surface area (Å²) < 4.78 is 0. The minimum Gasteiger partial charge on any atom is -0.267 e. The van der Waals surface area contributed by atoms with E-state index in [4.69, 9.17) is 0 Å². The molecule has 0 fully saturated rings. The van der Waals surface area contributed by atoms with Gasteiger partial charge in [-0.1, -0.05) is 25.5 Å². The summed E-state index contributed by atoms with van der Waals surface area (Å²) >= 11 is 0. The number of nitro benzene ring substituents is 1. The normalized spacial score (nSPS) is 17.5. The molecule has 0 heterocycles. The van der Waals surface area contributed by atoms with E-state index in [0.717, 1.165) is 12.8 Å². The molecule has 0 saturated carbocycles. The predicted molar refractivity (Wildman–Crippen MR) is 103 cm³/mol. The SMILES string of the molecule is CC(C=CC1=C(C)CCCC1(C)C)=NNC(=O)c1ccc([N+](=O)[O-])cc1. The van der Waals surface area contributed by atoms with Gasteiger partial charge in [-0.25, -0.2) is 5.43 Å². The number of nitrogens with zero attached hydrogens (tertiary/aromatic N) is 2. The smallest absolute Gasteiger partial charge is 0.267 e. The number of benzene rings is 1. The first-order valence-electron chi connectivity index (χ1n) is 8.68. The zero-order valence-electron chi connectivity index (χ0n) is 15.7. The molecular formula is C20H25N3O3. The van der Waals surface area contributed by atoms with Crippen LogP contribution in [0.3, 0.4) is 0 Å². The van der Waals surface area contributed by atoms with Crippen molar-refractivity contribution in [1.82, 2.24) is 5.43 Å². The molecule has 0 radical (unpaired) electrons.